The predicted molar refractivity (Wildman–Crippen MR) is 81.6 cm³/mol. The standard InChI is InChI=1S/C16H24N4/c1-3-17-15(12-16-18-13-19-20(16)2)11-7-10-14-8-5-4-6-9-14/h4-6,8-9,13,15,17H,3,7,10-12H2,1-2H3. The molecule has 0 saturated carbocycles. The number of hydrogen-bond acceptors (Lipinski definition) is 3. The molecule has 0 aliphatic heterocycles. The van der Waals surface area contributed by atoms with Crippen molar-refractivity contribution in [2.45, 2.75) is 38.6 Å². The van der Waals surface area contributed by atoms with E-state index in [-0.39, 0.29) is 0 Å². The summed E-state index contributed by atoms with van der Waals surface area (Å²) in [6.45, 7) is 3.15. The molecule has 0 saturated heterocycles. The van der Waals surface area contributed by atoms with E-state index in [1.807, 2.05) is 11.7 Å². The van der Waals surface area contributed by atoms with E-state index >= 15 is 0 Å². The minimum absolute atomic E-state index is 0.478. The molecule has 1 aromatic carbocycles. The zero-order valence-corrected chi connectivity index (χ0v) is 12.4. The monoisotopic (exact) mass is 272 g/mol. The maximum Gasteiger partial charge on any atom is 0.138 e. The topological polar surface area (TPSA) is 42.7 Å². The summed E-state index contributed by atoms with van der Waals surface area (Å²) in [6, 6.07) is 11.2. The largest absolute Gasteiger partial charge is 0.314 e. The molecule has 2 rings (SSSR count). The molecule has 0 fully saturated rings. The van der Waals surface area contributed by atoms with Gasteiger partial charge in [-0.05, 0) is 31.4 Å². The first kappa shape index (κ1) is 14.7. The quantitative estimate of drug-likeness (QED) is 0.802. The van der Waals surface area contributed by atoms with Gasteiger partial charge in [-0.15, -0.1) is 0 Å². The Labute approximate surface area is 121 Å². The van der Waals surface area contributed by atoms with Crippen LogP contribution in [0.1, 0.15) is 31.2 Å². The summed E-state index contributed by atoms with van der Waals surface area (Å²) in [5.74, 6) is 1.05. The van der Waals surface area contributed by atoms with Crippen molar-refractivity contribution >= 4 is 0 Å². The van der Waals surface area contributed by atoms with Gasteiger partial charge in [0.2, 0.25) is 0 Å². The molecule has 4 heteroatoms. The van der Waals surface area contributed by atoms with Gasteiger partial charge in [0.15, 0.2) is 0 Å². The maximum atomic E-state index is 4.32. The third-order valence-corrected chi connectivity index (χ3v) is 3.59. The van der Waals surface area contributed by atoms with Crippen molar-refractivity contribution in [2.75, 3.05) is 6.54 Å². The van der Waals surface area contributed by atoms with Crippen molar-refractivity contribution in [3.8, 4) is 0 Å². The van der Waals surface area contributed by atoms with Gasteiger partial charge in [-0.1, -0.05) is 37.3 Å². The summed E-state index contributed by atoms with van der Waals surface area (Å²) in [4.78, 5) is 4.32. The molecule has 1 atom stereocenters. The lowest BCUT2D eigenvalue weighted by molar-refractivity contribution is 0.460. The number of benzene rings is 1. The molecule has 0 spiro atoms. The van der Waals surface area contributed by atoms with Gasteiger partial charge in [-0.25, -0.2) is 4.98 Å². The first-order chi connectivity index (χ1) is 9.79. The molecule has 0 amide bonds. The van der Waals surface area contributed by atoms with E-state index in [4.69, 9.17) is 0 Å². The Balaban J connectivity index is 1.82. The van der Waals surface area contributed by atoms with Crippen LogP contribution in [0.25, 0.3) is 0 Å². The van der Waals surface area contributed by atoms with Crippen molar-refractivity contribution < 1.29 is 0 Å². The normalized spacial score (nSPS) is 12.5. The summed E-state index contributed by atoms with van der Waals surface area (Å²) in [5, 5.41) is 7.69. The minimum atomic E-state index is 0.478. The second kappa shape index (κ2) is 7.80. The molecule has 1 aromatic heterocycles. The number of aromatic nitrogens is 3. The molecule has 20 heavy (non-hydrogen) atoms. The third-order valence-electron chi connectivity index (χ3n) is 3.59. The van der Waals surface area contributed by atoms with Crippen LogP contribution < -0.4 is 5.32 Å². The molecule has 0 bridgehead atoms. The van der Waals surface area contributed by atoms with Gasteiger partial charge in [0.05, 0.1) is 0 Å². The van der Waals surface area contributed by atoms with Crippen LogP contribution in [0.3, 0.4) is 0 Å². The average Bonchev–Trinajstić information content (AvgIpc) is 2.86. The molecule has 4 nitrogen and oxygen atoms in total. The molecule has 0 aliphatic carbocycles. The second-order valence-electron chi connectivity index (χ2n) is 5.14. The fourth-order valence-corrected chi connectivity index (χ4v) is 2.49. The van der Waals surface area contributed by atoms with E-state index in [1.165, 1.54) is 12.0 Å². The van der Waals surface area contributed by atoms with E-state index in [0.717, 1.165) is 31.6 Å². The van der Waals surface area contributed by atoms with Crippen LogP contribution in [0, 0.1) is 0 Å². The molecule has 0 aliphatic rings. The van der Waals surface area contributed by atoms with E-state index < -0.39 is 0 Å². The Morgan fingerprint density at radius 2 is 2.05 bits per heavy atom. The average molecular weight is 272 g/mol. The van der Waals surface area contributed by atoms with Crippen LogP contribution in [-0.2, 0) is 19.9 Å². The Hall–Kier alpha value is -1.68. The first-order valence-corrected chi connectivity index (χ1v) is 7.39. The Morgan fingerprint density at radius 1 is 1.25 bits per heavy atom. The highest BCUT2D eigenvalue weighted by Crippen LogP contribution is 2.09. The third kappa shape index (κ3) is 4.46. The maximum absolute atomic E-state index is 4.32. The Kier molecular flexibility index (Phi) is 5.74. The van der Waals surface area contributed by atoms with Gasteiger partial charge in [-0.3, -0.25) is 4.68 Å². The SMILES string of the molecule is CCNC(CCCc1ccccc1)Cc1ncnn1C. The number of nitrogens with zero attached hydrogens (tertiary/aromatic N) is 3. The minimum Gasteiger partial charge on any atom is -0.314 e. The molecule has 0 radical (unpaired) electrons. The summed E-state index contributed by atoms with van der Waals surface area (Å²) in [6.07, 6.45) is 6.07. The molecular formula is C16H24N4. The zero-order valence-electron chi connectivity index (χ0n) is 12.4. The van der Waals surface area contributed by atoms with Crippen LogP contribution in [-0.4, -0.2) is 27.4 Å². The van der Waals surface area contributed by atoms with Crippen molar-refractivity contribution in [3.63, 3.8) is 0 Å². The molecule has 1 unspecified atom stereocenters. The highest BCUT2D eigenvalue weighted by Gasteiger charge is 2.11. The number of aryl methyl sites for hydroxylation is 2. The van der Waals surface area contributed by atoms with Crippen LogP contribution in [0.15, 0.2) is 36.7 Å². The van der Waals surface area contributed by atoms with E-state index in [0.29, 0.717) is 6.04 Å². The number of nitrogens with one attached hydrogen (secondary N) is 1. The lowest BCUT2D eigenvalue weighted by Gasteiger charge is -2.17. The van der Waals surface area contributed by atoms with Gasteiger partial charge in [0.1, 0.15) is 12.2 Å². The Bertz CT molecular complexity index is 492. The summed E-state index contributed by atoms with van der Waals surface area (Å²) in [7, 11) is 1.95. The van der Waals surface area contributed by atoms with Crippen molar-refractivity contribution in [1.82, 2.24) is 20.1 Å². The lowest BCUT2D eigenvalue weighted by Crippen LogP contribution is -2.32. The predicted octanol–water partition coefficient (Wildman–Crippen LogP) is 2.36. The van der Waals surface area contributed by atoms with Gasteiger partial charge in [0.25, 0.3) is 0 Å². The molecule has 1 heterocycles. The van der Waals surface area contributed by atoms with Crippen LogP contribution in [0.4, 0.5) is 0 Å². The van der Waals surface area contributed by atoms with Crippen molar-refractivity contribution in [2.24, 2.45) is 7.05 Å². The first-order valence-electron chi connectivity index (χ1n) is 7.39. The molecule has 1 N–H and O–H groups in total. The van der Waals surface area contributed by atoms with E-state index in [1.54, 1.807) is 6.33 Å². The summed E-state index contributed by atoms with van der Waals surface area (Å²) < 4.78 is 1.86. The molecular weight excluding hydrogens is 248 g/mol. The Morgan fingerprint density at radius 3 is 2.70 bits per heavy atom. The van der Waals surface area contributed by atoms with E-state index in [9.17, 15) is 0 Å². The van der Waals surface area contributed by atoms with Crippen LogP contribution >= 0.6 is 0 Å². The number of hydrogen-bond donors (Lipinski definition) is 1. The number of likely N-dealkylation sites (N-methyl/N-ethyl adjacent to an activating group) is 1. The fraction of sp³-hybridized carbons (Fsp3) is 0.500. The zero-order chi connectivity index (χ0) is 14.2. The highest BCUT2D eigenvalue weighted by atomic mass is 15.3. The smallest absolute Gasteiger partial charge is 0.138 e. The second-order valence-corrected chi connectivity index (χ2v) is 5.14. The van der Waals surface area contributed by atoms with Crippen LogP contribution in [0.5, 0.6) is 0 Å². The van der Waals surface area contributed by atoms with Crippen LogP contribution in [0.2, 0.25) is 0 Å². The van der Waals surface area contributed by atoms with E-state index in [2.05, 4.69) is 52.7 Å². The highest BCUT2D eigenvalue weighted by molar-refractivity contribution is 5.14. The van der Waals surface area contributed by atoms with Crippen molar-refractivity contribution in [3.05, 3.63) is 48.0 Å². The summed E-state index contributed by atoms with van der Waals surface area (Å²) in [5.41, 5.74) is 1.42. The van der Waals surface area contributed by atoms with Crippen molar-refractivity contribution in [1.29, 1.82) is 0 Å². The van der Waals surface area contributed by atoms with Gasteiger partial charge in [0, 0.05) is 19.5 Å². The summed E-state index contributed by atoms with van der Waals surface area (Å²) >= 11 is 0. The lowest BCUT2D eigenvalue weighted by atomic mass is 10.0. The van der Waals surface area contributed by atoms with Gasteiger partial charge in [-0.2, -0.15) is 5.10 Å². The molecule has 2 aromatic rings. The van der Waals surface area contributed by atoms with Gasteiger partial charge >= 0.3 is 0 Å². The fourth-order valence-electron chi connectivity index (χ4n) is 2.49. The number of rotatable bonds is 8. The van der Waals surface area contributed by atoms with Gasteiger partial charge < -0.3 is 5.32 Å². The molecule has 108 valence electrons.